The average Bonchev–Trinajstić information content (AvgIpc) is 2.42. The van der Waals surface area contributed by atoms with Gasteiger partial charge in [-0.2, -0.15) is 0 Å². The molecule has 1 aliphatic heterocycles. The van der Waals surface area contributed by atoms with E-state index in [1.165, 1.54) is 4.90 Å². The van der Waals surface area contributed by atoms with Crippen LogP contribution in [0.5, 0.6) is 0 Å². The van der Waals surface area contributed by atoms with E-state index in [1.807, 2.05) is 6.92 Å². The minimum absolute atomic E-state index is 0.0159. The van der Waals surface area contributed by atoms with E-state index in [0.717, 1.165) is 6.42 Å². The Hall–Kier alpha value is -1.83. The molecular formula is C12H21N3O5. The number of aliphatic carboxylic acids is 1. The van der Waals surface area contributed by atoms with Crippen molar-refractivity contribution in [1.82, 2.24) is 10.2 Å². The van der Waals surface area contributed by atoms with Crippen LogP contribution in [0.25, 0.3) is 0 Å². The van der Waals surface area contributed by atoms with Crippen LogP contribution in [-0.2, 0) is 14.3 Å². The summed E-state index contributed by atoms with van der Waals surface area (Å²) in [4.78, 5) is 35.3. The number of carboxylic acids is 1. The molecule has 20 heavy (non-hydrogen) atoms. The van der Waals surface area contributed by atoms with Gasteiger partial charge in [-0.25, -0.2) is 9.59 Å². The summed E-state index contributed by atoms with van der Waals surface area (Å²) >= 11 is 0. The molecule has 8 nitrogen and oxygen atoms in total. The fourth-order valence-corrected chi connectivity index (χ4v) is 1.94. The number of rotatable bonds is 6. The number of carboxylic acid groups (broad SMARTS) is 1. The zero-order valence-corrected chi connectivity index (χ0v) is 11.5. The second kappa shape index (κ2) is 7.68. The van der Waals surface area contributed by atoms with Gasteiger partial charge < -0.3 is 25.8 Å². The second-order valence-electron chi connectivity index (χ2n) is 4.69. The van der Waals surface area contributed by atoms with Crippen LogP contribution in [0.2, 0.25) is 0 Å². The summed E-state index contributed by atoms with van der Waals surface area (Å²) in [5, 5.41) is 11.4. The number of amides is 3. The summed E-state index contributed by atoms with van der Waals surface area (Å²) in [6, 6.07) is -1.57. The Morgan fingerprint density at radius 2 is 2.20 bits per heavy atom. The average molecular weight is 287 g/mol. The largest absolute Gasteiger partial charge is 0.480 e. The first kappa shape index (κ1) is 16.2. The summed E-state index contributed by atoms with van der Waals surface area (Å²) in [6.07, 6.45) is 0.660. The molecule has 0 aromatic heterocycles. The van der Waals surface area contributed by atoms with Crippen molar-refractivity contribution in [2.75, 3.05) is 19.7 Å². The number of nitrogens with one attached hydrogen (secondary N) is 1. The summed E-state index contributed by atoms with van der Waals surface area (Å²) in [5.41, 5.74) is 4.98. The maximum Gasteiger partial charge on any atom is 0.326 e. The third-order valence-corrected chi connectivity index (χ3v) is 3.16. The van der Waals surface area contributed by atoms with E-state index in [4.69, 9.17) is 15.6 Å². The van der Waals surface area contributed by atoms with Gasteiger partial charge in [0.05, 0.1) is 12.7 Å². The summed E-state index contributed by atoms with van der Waals surface area (Å²) in [7, 11) is 0. The number of nitrogens with zero attached hydrogens (tertiary/aromatic N) is 1. The monoisotopic (exact) mass is 287 g/mol. The standard InChI is InChI=1S/C12H21N3O5/c1-2-8-7-15(5-6-20-8)12(19)14-9(11(17)18)3-4-10(13)16/h8-9H,2-7H2,1H3,(H2,13,16)(H,14,19)(H,17,18)/t8?,9-/m0/s1. The maximum atomic E-state index is 12.0. The van der Waals surface area contributed by atoms with Crippen molar-refractivity contribution < 1.29 is 24.2 Å². The van der Waals surface area contributed by atoms with Crippen LogP contribution in [0.1, 0.15) is 26.2 Å². The molecule has 1 rings (SSSR count). The van der Waals surface area contributed by atoms with E-state index in [0.29, 0.717) is 19.7 Å². The van der Waals surface area contributed by atoms with Crippen molar-refractivity contribution in [2.24, 2.45) is 5.73 Å². The summed E-state index contributed by atoms with van der Waals surface area (Å²) < 4.78 is 5.44. The van der Waals surface area contributed by atoms with Crippen LogP contribution in [0, 0.1) is 0 Å². The highest BCUT2D eigenvalue weighted by atomic mass is 16.5. The molecule has 114 valence electrons. The lowest BCUT2D eigenvalue weighted by Crippen LogP contribution is -2.53. The Morgan fingerprint density at radius 1 is 1.50 bits per heavy atom. The molecule has 1 heterocycles. The Balaban J connectivity index is 2.52. The molecule has 1 aliphatic rings. The van der Waals surface area contributed by atoms with Crippen molar-refractivity contribution >= 4 is 17.9 Å². The lowest BCUT2D eigenvalue weighted by atomic mass is 10.1. The zero-order chi connectivity index (χ0) is 15.1. The molecule has 0 spiro atoms. The van der Waals surface area contributed by atoms with Gasteiger partial charge >= 0.3 is 12.0 Å². The van der Waals surface area contributed by atoms with Gasteiger partial charge in [0.15, 0.2) is 0 Å². The van der Waals surface area contributed by atoms with E-state index in [-0.39, 0.29) is 18.9 Å². The Labute approximate surface area is 117 Å². The van der Waals surface area contributed by atoms with Gasteiger partial charge in [-0.1, -0.05) is 6.92 Å². The van der Waals surface area contributed by atoms with Crippen LogP contribution >= 0.6 is 0 Å². The molecule has 4 N–H and O–H groups in total. The summed E-state index contributed by atoms with van der Waals surface area (Å²) in [6.45, 7) is 3.25. The van der Waals surface area contributed by atoms with E-state index in [2.05, 4.69) is 5.32 Å². The number of carbonyl (C=O) groups is 3. The predicted molar refractivity (Wildman–Crippen MR) is 70.0 cm³/mol. The molecule has 0 bridgehead atoms. The molecule has 1 saturated heterocycles. The topological polar surface area (TPSA) is 122 Å². The molecule has 0 saturated carbocycles. The van der Waals surface area contributed by atoms with Gasteiger partial charge in [-0.05, 0) is 12.8 Å². The maximum absolute atomic E-state index is 12.0. The molecule has 2 atom stereocenters. The molecule has 0 aliphatic carbocycles. The van der Waals surface area contributed by atoms with Crippen molar-refractivity contribution in [3.63, 3.8) is 0 Å². The first-order valence-corrected chi connectivity index (χ1v) is 6.62. The van der Waals surface area contributed by atoms with Crippen molar-refractivity contribution in [1.29, 1.82) is 0 Å². The van der Waals surface area contributed by atoms with Gasteiger partial charge in [0.25, 0.3) is 0 Å². The number of urea groups is 1. The molecule has 0 radical (unpaired) electrons. The van der Waals surface area contributed by atoms with Crippen LogP contribution in [-0.4, -0.2) is 59.8 Å². The van der Waals surface area contributed by atoms with Crippen LogP contribution in [0.4, 0.5) is 4.79 Å². The highest BCUT2D eigenvalue weighted by Gasteiger charge is 2.27. The smallest absolute Gasteiger partial charge is 0.326 e. The fourth-order valence-electron chi connectivity index (χ4n) is 1.94. The molecule has 3 amide bonds. The van der Waals surface area contributed by atoms with E-state index in [1.54, 1.807) is 0 Å². The molecule has 0 aromatic rings. The number of morpholine rings is 1. The van der Waals surface area contributed by atoms with Gasteiger partial charge in [0, 0.05) is 19.5 Å². The quantitative estimate of drug-likeness (QED) is 0.609. The highest BCUT2D eigenvalue weighted by Crippen LogP contribution is 2.09. The highest BCUT2D eigenvalue weighted by molar-refractivity contribution is 5.83. The fraction of sp³-hybridized carbons (Fsp3) is 0.750. The number of hydrogen-bond acceptors (Lipinski definition) is 4. The van der Waals surface area contributed by atoms with E-state index in [9.17, 15) is 14.4 Å². The Bertz CT molecular complexity index is 374. The SMILES string of the molecule is CCC1CN(C(=O)N[C@@H](CCC(N)=O)C(=O)O)CCO1. The minimum Gasteiger partial charge on any atom is -0.480 e. The molecule has 1 unspecified atom stereocenters. The second-order valence-corrected chi connectivity index (χ2v) is 4.69. The molecule has 8 heteroatoms. The number of carbonyl (C=O) groups excluding carboxylic acids is 2. The third-order valence-electron chi connectivity index (χ3n) is 3.16. The molecular weight excluding hydrogens is 266 g/mol. The van der Waals surface area contributed by atoms with Gasteiger partial charge in [0.2, 0.25) is 5.91 Å². The normalized spacial score (nSPS) is 20.2. The summed E-state index contributed by atoms with van der Waals surface area (Å²) in [5.74, 6) is -1.78. The number of primary amides is 1. The van der Waals surface area contributed by atoms with Gasteiger partial charge in [0.1, 0.15) is 6.04 Å². The minimum atomic E-state index is -1.18. The first-order valence-electron chi connectivity index (χ1n) is 6.62. The van der Waals surface area contributed by atoms with Crippen LogP contribution in [0.15, 0.2) is 0 Å². The number of hydrogen-bond donors (Lipinski definition) is 3. The predicted octanol–water partition coefficient (Wildman–Crippen LogP) is -0.474. The van der Waals surface area contributed by atoms with Crippen LogP contribution in [0.3, 0.4) is 0 Å². The van der Waals surface area contributed by atoms with Gasteiger partial charge in [-0.15, -0.1) is 0 Å². The number of nitrogens with two attached hydrogens (primary N) is 1. The molecule has 0 aromatic carbocycles. The Morgan fingerprint density at radius 3 is 2.75 bits per heavy atom. The lowest BCUT2D eigenvalue weighted by molar-refractivity contribution is -0.139. The van der Waals surface area contributed by atoms with Crippen molar-refractivity contribution in [2.45, 2.75) is 38.3 Å². The Kier molecular flexibility index (Phi) is 6.23. The van der Waals surface area contributed by atoms with Crippen molar-refractivity contribution in [3.8, 4) is 0 Å². The first-order chi connectivity index (χ1) is 9.43. The van der Waals surface area contributed by atoms with E-state index < -0.39 is 23.9 Å². The van der Waals surface area contributed by atoms with Crippen molar-refractivity contribution in [3.05, 3.63) is 0 Å². The van der Waals surface area contributed by atoms with Gasteiger partial charge in [-0.3, -0.25) is 4.79 Å². The van der Waals surface area contributed by atoms with E-state index >= 15 is 0 Å². The lowest BCUT2D eigenvalue weighted by Gasteiger charge is -2.33. The van der Waals surface area contributed by atoms with Crippen LogP contribution < -0.4 is 11.1 Å². The third kappa shape index (κ3) is 5.04. The zero-order valence-electron chi connectivity index (χ0n) is 11.5. The number of ether oxygens (including phenoxy) is 1. The molecule has 1 fully saturated rings.